The van der Waals surface area contributed by atoms with Crippen molar-refractivity contribution >= 4 is 28.0 Å². The van der Waals surface area contributed by atoms with E-state index in [1.54, 1.807) is 49.0 Å². The Morgan fingerprint density at radius 3 is 2.12 bits per heavy atom. The van der Waals surface area contributed by atoms with Gasteiger partial charge in [0.05, 0.1) is 10.6 Å². The largest absolute Gasteiger partial charge is 0.359 e. The first-order valence-corrected chi connectivity index (χ1v) is 9.50. The standard InChI is InChI=1S/C18H17N3O2S2/c1-19-18-20-15(13-9-5-3-6-10-13)16(17(24)21(18)2)25(22,23)14-11-7-4-8-12-14/h3-12H,1-2H3,(H,19,20). The summed E-state index contributed by atoms with van der Waals surface area (Å²) in [4.78, 5) is 4.75. The highest BCUT2D eigenvalue weighted by Crippen LogP contribution is 2.32. The summed E-state index contributed by atoms with van der Waals surface area (Å²) in [5, 5.41) is 2.96. The van der Waals surface area contributed by atoms with Crippen molar-refractivity contribution in [2.24, 2.45) is 7.05 Å². The van der Waals surface area contributed by atoms with Gasteiger partial charge < -0.3 is 9.88 Å². The molecule has 1 aromatic heterocycles. The molecule has 0 saturated heterocycles. The minimum Gasteiger partial charge on any atom is -0.359 e. The zero-order valence-corrected chi connectivity index (χ0v) is 15.4. The van der Waals surface area contributed by atoms with Crippen molar-refractivity contribution in [3.8, 4) is 11.3 Å². The number of aromatic nitrogens is 2. The lowest BCUT2D eigenvalue weighted by atomic mass is 10.1. The smallest absolute Gasteiger partial charge is 0.211 e. The van der Waals surface area contributed by atoms with Crippen molar-refractivity contribution < 1.29 is 8.42 Å². The van der Waals surface area contributed by atoms with Crippen molar-refractivity contribution in [3.63, 3.8) is 0 Å². The monoisotopic (exact) mass is 371 g/mol. The molecule has 0 bridgehead atoms. The first kappa shape index (κ1) is 17.3. The third kappa shape index (κ3) is 3.08. The van der Waals surface area contributed by atoms with Crippen molar-refractivity contribution in [1.82, 2.24) is 9.55 Å². The fourth-order valence-corrected chi connectivity index (χ4v) is 4.60. The van der Waals surface area contributed by atoms with Gasteiger partial charge in [0, 0.05) is 19.7 Å². The van der Waals surface area contributed by atoms with Crippen molar-refractivity contribution in [3.05, 3.63) is 65.3 Å². The highest BCUT2D eigenvalue weighted by Gasteiger charge is 2.27. The zero-order valence-electron chi connectivity index (χ0n) is 13.8. The van der Waals surface area contributed by atoms with Gasteiger partial charge in [-0.05, 0) is 12.1 Å². The quantitative estimate of drug-likeness (QED) is 0.709. The predicted octanol–water partition coefficient (Wildman–Crippen LogP) is 3.69. The van der Waals surface area contributed by atoms with Crippen LogP contribution in [0.4, 0.5) is 5.95 Å². The van der Waals surface area contributed by atoms with Gasteiger partial charge in [-0.3, -0.25) is 0 Å². The molecule has 3 aromatic rings. The van der Waals surface area contributed by atoms with E-state index < -0.39 is 9.84 Å². The van der Waals surface area contributed by atoms with Gasteiger partial charge in [0.1, 0.15) is 9.54 Å². The van der Waals surface area contributed by atoms with E-state index in [0.29, 0.717) is 17.2 Å². The second kappa shape index (κ2) is 6.78. The number of hydrogen-bond acceptors (Lipinski definition) is 5. The van der Waals surface area contributed by atoms with Crippen LogP contribution in [0.2, 0.25) is 0 Å². The van der Waals surface area contributed by atoms with E-state index in [9.17, 15) is 8.42 Å². The van der Waals surface area contributed by atoms with Crippen molar-refractivity contribution in [1.29, 1.82) is 0 Å². The van der Waals surface area contributed by atoms with Gasteiger partial charge in [-0.1, -0.05) is 60.7 Å². The summed E-state index contributed by atoms with van der Waals surface area (Å²) in [6, 6.07) is 17.5. The van der Waals surface area contributed by atoms with Gasteiger partial charge in [-0.2, -0.15) is 0 Å². The summed E-state index contributed by atoms with van der Waals surface area (Å²) in [6.45, 7) is 0. The molecule has 128 valence electrons. The van der Waals surface area contributed by atoms with Crippen LogP contribution in [0.3, 0.4) is 0 Å². The third-order valence-electron chi connectivity index (χ3n) is 3.84. The van der Waals surface area contributed by atoms with Gasteiger partial charge in [0.25, 0.3) is 0 Å². The van der Waals surface area contributed by atoms with Crippen LogP contribution in [0.1, 0.15) is 0 Å². The second-order valence-corrected chi connectivity index (χ2v) is 7.68. The molecule has 2 aromatic carbocycles. The van der Waals surface area contributed by atoms with Crippen LogP contribution in [0.5, 0.6) is 0 Å². The molecule has 0 atom stereocenters. The van der Waals surface area contributed by atoms with Crippen LogP contribution in [0, 0.1) is 4.64 Å². The van der Waals surface area contributed by atoms with E-state index in [-0.39, 0.29) is 14.4 Å². The Bertz CT molecular complexity index is 1060. The number of hydrogen-bond donors (Lipinski definition) is 1. The number of anilines is 1. The topological polar surface area (TPSA) is 64.0 Å². The summed E-state index contributed by atoms with van der Waals surface area (Å²) in [6.07, 6.45) is 0. The average Bonchev–Trinajstić information content (AvgIpc) is 2.65. The first-order valence-electron chi connectivity index (χ1n) is 7.61. The molecule has 0 aliphatic carbocycles. The Hall–Kier alpha value is -2.51. The van der Waals surface area contributed by atoms with Gasteiger partial charge in [0.2, 0.25) is 15.8 Å². The van der Waals surface area contributed by atoms with E-state index in [0.717, 1.165) is 0 Å². The maximum atomic E-state index is 13.3. The highest BCUT2D eigenvalue weighted by molar-refractivity contribution is 7.92. The molecule has 5 nitrogen and oxygen atoms in total. The molecule has 1 N–H and O–H groups in total. The molecular formula is C18H17N3O2S2. The number of nitrogens with one attached hydrogen (secondary N) is 1. The Kier molecular flexibility index (Phi) is 4.69. The molecule has 0 spiro atoms. The summed E-state index contributed by atoms with van der Waals surface area (Å²) in [5.74, 6) is 0.496. The molecule has 0 aliphatic heterocycles. The molecule has 0 amide bonds. The van der Waals surface area contributed by atoms with Gasteiger partial charge >= 0.3 is 0 Å². The van der Waals surface area contributed by atoms with Crippen LogP contribution >= 0.6 is 12.2 Å². The zero-order chi connectivity index (χ0) is 18.0. The molecule has 0 unspecified atom stereocenters. The fourth-order valence-electron chi connectivity index (χ4n) is 2.56. The Balaban J connectivity index is 2.40. The fraction of sp³-hybridized carbons (Fsp3) is 0.111. The van der Waals surface area contributed by atoms with Crippen LogP contribution in [0.15, 0.2) is 70.5 Å². The summed E-state index contributed by atoms with van der Waals surface area (Å²) >= 11 is 5.49. The number of sulfone groups is 1. The highest BCUT2D eigenvalue weighted by atomic mass is 32.2. The van der Waals surface area contributed by atoms with E-state index in [4.69, 9.17) is 12.2 Å². The Morgan fingerprint density at radius 1 is 1.00 bits per heavy atom. The maximum Gasteiger partial charge on any atom is 0.211 e. The Morgan fingerprint density at radius 2 is 1.56 bits per heavy atom. The third-order valence-corrected chi connectivity index (χ3v) is 6.27. The van der Waals surface area contributed by atoms with Crippen molar-refractivity contribution in [2.45, 2.75) is 9.79 Å². The normalized spacial score (nSPS) is 11.3. The van der Waals surface area contributed by atoms with E-state index in [1.165, 1.54) is 0 Å². The molecule has 7 heteroatoms. The van der Waals surface area contributed by atoms with Gasteiger partial charge in [-0.25, -0.2) is 13.4 Å². The molecule has 0 fully saturated rings. The minimum atomic E-state index is -3.81. The van der Waals surface area contributed by atoms with Crippen LogP contribution < -0.4 is 5.32 Å². The lowest BCUT2D eigenvalue weighted by Gasteiger charge is -2.16. The molecular weight excluding hydrogens is 354 g/mol. The van der Waals surface area contributed by atoms with Crippen molar-refractivity contribution in [2.75, 3.05) is 12.4 Å². The molecule has 25 heavy (non-hydrogen) atoms. The molecule has 0 saturated carbocycles. The summed E-state index contributed by atoms with van der Waals surface area (Å²) in [7, 11) is -0.397. The summed E-state index contributed by atoms with van der Waals surface area (Å²) in [5.41, 5.74) is 1.04. The number of rotatable bonds is 4. The average molecular weight is 371 g/mol. The van der Waals surface area contributed by atoms with Gasteiger partial charge in [-0.15, -0.1) is 0 Å². The molecule has 0 aliphatic rings. The lowest BCUT2D eigenvalue weighted by Crippen LogP contribution is -2.14. The van der Waals surface area contributed by atoms with E-state index in [1.807, 2.05) is 30.3 Å². The lowest BCUT2D eigenvalue weighted by molar-refractivity contribution is 0.594. The molecule has 0 radical (unpaired) electrons. The number of benzene rings is 2. The maximum absolute atomic E-state index is 13.3. The second-order valence-electron chi connectivity index (χ2n) is 5.41. The first-order chi connectivity index (χ1) is 12.0. The predicted molar refractivity (Wildman–Crippen MR) is 101 cm³/mol. The number of nitrogens with zero attached hydrogens (tertiary/aromatic N) is 2. The van der Waals surface area contributed by atoms with Crippen LogP contribution in [0.25, 0.3) is 11.3 Å². The van der Waals surface area contributed by atoms with E-state index in [2.05, 4.69) is 10.3 Å². The SMILES string of the molecule is CNc1nc(-c2ccccc2)c(S(=O)(=O)c2ccccc2)c(=S)n1C. The molecule has 3 rings (SSSR count). The molecule has 1 heterocycles. The van der Waals surface area contributed by atoms with Crippen LogP contribution in [-0.4, -0.2) is 25.0 Å². The Labute approximate surface area is 151 Å². The van der Waals surface area contributed by atoms with Gasteiger partial charge in [0.15, 0.2) is 0 Å². The van der Waals surface area contributed by atoms with Crippen LogP contribution in [-0.2, 0) is 16.9 Å². The minimum absolute atomic E-state index is 0.0430. The summed E-state index contributed by atoms with van der Waals surface area (Å²) < 4.78 is 28.3. The van der Waals surface area contributed by atoms with E-state index >= 15 is 0 Å².